The van der Waals surface area contributed by atoms with E-state index in [0.29, 0.717) is 19.0 Å². The van der Waals surface area contributed by atoms with Crippen molar-refractivity contribution < 1.29 is 4.79 Å². The van der Waals surface area contributed by atoms with Crippen molar-refractivity contribution in [3.8, 4) is 0 Å². The van der Waals surface area contributed by atoms with E-state index in [1.807, 2.05) is 6.07 Å². The van der Waals surface area contributed by atoms with Crippen LogP contribution in [0.5, 0.6) is 0 Å². The highest BCUT2D eigenvalue weighted by Gasteiger charge is 2.22. The molecular formula is C12H21N3OS. The van der Waals surface area contributed by atoms with Crippen molar-refractivity contribution in [2.24, 2.45) is 11.5 Å². The zero-order valence-electron chi connectivity index (χ0n) is 10.4. The molecule has 0 aliphatic carbocycles. The van der Waals surface area contributed by atoms with E-state index in [2.05, 4.69) is 30.2 Å². The van der Waals surface area contributed by atoms with Crippen LogP contribution in [0.25, 0.3) is 0 Å². The van der Waals surface area contributed by atoms with Crippen molar-refractivity contribution in [3.63, 3.8) is 0 Å². The summed E-state index contributed by atoms with van der Waals surface area (Å²) < 4.78 is 0. The lowest BCUT2D eigenvalue weighted by molar-refractivity contribution is -0.119. The van der Waals surface area contributed by atoms with Crippen LogP contribution in [0, 0.1) is 0 Å². The lowest BCUT2D eigenvalue weighted by Gasteiger charge is -2.33. The third-order valence-corrected chi connectivity index (χ3v) is 3.62. The molecular weight excluding hydrogens is 234 g/mol. The fourth-order valence-corrected chi connectivity index (χ4v) is 2.60. The van der Waals surface area contributed by atoms with Crippen LogP contribution in [-0.4, -0.2) is 29.4 Å². The summed E-state index contributed by atoms with van der Waals surface area (Å²) in [7, 11) is 0. The topological polar surface area (TPSA) is 72.3 Å². The zero-order valence-corrected chi connectivity index (χ0v) is 11.2. The molecule has 1 aromatic rings. The Kier molecular flexibility index (Phi) is 5.61. The molecule has 0 saturated carbocycles. The van der Waals surface area contributed by atoms with Crippen molar-refractivity contribution in [3.05, 3.63) is 22.4 Å². The van der Waals surface area contributed by atoms with E-state index in [4.69, 9.17) is 11.5 Å². The molecule has 0 saturated heterocycles. The molecule has 1 heterocycles. The van der Waals surface area contributed by atoms with Crippen LogP contribution in [0.2, 0.25) is 0 Å². The SMILES string of the molecule is CC(C)N(Cc1cccs1)C(CN)CC(N)=O. The van der Waals surface area contributed by atoms with Gasteiger partial charge in [0.05, 0.1) is 0 Å². The summed E-state index contributed by atoms with van der Waals surface area (Å²) in [5.74, 6) is -0.294. The Labute approximate surface area is 107 Å². The first-order chi connectivity index (χ1) is 8.04. The van der Waals surface area contributed by atoms with Crippen molar-refractivity contribution >= 4 is 17.2 Å². The normalized spacial score (nSPS) is 13.2. The third-order valence-electron chi connectivity index (χ3n) is 2.76. The number of hydrogen-bond acceptors (Lipinski definition) is 4. The van der Waals surface area contributed by atoms with E-state index in [-0.39, 0.29) is 11.9 Å². The van der Waals surface area contributed by atoms with Gasteiger partial charge < -0.3 is 11.5 Å². The number of nitrogens with zero attached hydrogens (tertiary/aromatic N) is 1. The predicted molar refractivity (Wildman–Crippen MR) is 71.7 cm³/mol. The largest absolute Gasteiger partial charge is 0.370 e. The molecule has 0 bridgehead atoms. The van der Waals surface area contributed by atoms with Gasteiger partial charge in [-0.25, -0.2) is 0 Å². The van der Waals surface area contributed by atoms with Gasteiger partial charge in [-0.3, -0.25) is 9.69 Å². The molecule has 5 heteroatoms. The number of hydrogen-bond donors (Lipinski definition) is 2. The third kappa shape index (κ3) is 4.46. The van der Waals surface area contributed by atoms with Gasteiger partial charge in [-0.15, -0.1) is 11.3 Å². The smallest absolute Gasteiger partial charge is 0.219 e. The second-order valence-corrected chi connectivity index (χ2v) is 5.44. The number of rotatable bonds is 7. The average Bonchev–Trinajstić information content (AvgIpc) is 2.75. The molecule has 0 radical (unpaired) electrons. The van der Waals surface area contributed by atoms with Crippen LogP contribution < -0.4 is 11.5 Å². The van der Waals surface area contributed by atoms with Gasteiger partial charge in [0.15, 0.2) is 0 Å². The lowest BCUT2D eigenvalue weighted by atomic mass is 10.1. The van der Waals surface area contributed by atoms with Gasteiger partial charge in [-0.1, -0.05) is 6.07 Å². The molecule has 1 amide bonds. The van der Waals surface area contributed by atoms with Crippen LogP contribution >= 0.6 is 11.3 Å². The van der Waals surface area contributed by atoms with Gasteiger partial charge in [-0.2, -0.15) is 0 Å². The van der Waals surface area contributed by atoms with Crippen LogP contribution in [0.4, 0.5) is 0 Å². The Hall–Kier alpha value is -0.910. The predicted octanol–water partition coefficient (Wildman–Crippen LogP) is 1.16. The number of amides is 1. The summed E-state index contributed by atoms with van der Waals surface area (Å²) in [6.07, 6.45) is 0.319. The number of carbonyl (C=O) groups excluding carboxylic acids is 1. The highest BCUT2D eigenvalue weighted by Crippen LogP contribution is 2.17. The fraction of sp³-hybridized carbons (Fsp3) is 0.583. The Morgan fingerprint density at radius 2 is 2.24 bits per heavy atom. The van der Waals surface area contributed by atoms with E-state index >= 15 is 0 Å². The van der Waals surface area contributed by atoms with Gasteiger partial charge in [0, 0.05) is 36.5 Å². The van der Waals surface area contributed by atoms with E-state index in [9.17, 15) is 4.79 Å². The van der Waals surface area contributed by atoms with Gasteiger partial charge in [0.1, 0.15) is 0 Å². The highest BCUT2D eigenvalue weighted by atomic mass is 32.1. The maximum absolute atomic E-state index is 11.0. The Morgan fingerprint density at radius 3 is 2.65 bits per heavy atom. The maximum atomic E-state index is 11.0. The molecule has 17 heavy (non-hydrogen) atoms. The van der Waals surface area contributed by atoms with E-state index < -0.39 is 0 Å². The molecule has 0 aliphatic rings. The van der Waals surface area contributed by atoms with Gasteiger partial charge in [0.25, 0.3) is 0 Å². The van der Waals surface area contributed by atoms with Crippen molar-refractivity contribution in [1.29, 1.82) is 0 Å². The molecule has 4 N–H and O–H groups in total. The number of nitrogens with two attached hydrogens (primary N) is 2. The molecule has 1 rings (SSSR count). The molecule has 1 aromatic heterocycles. The number of carbonyl (C=O) groups is 1. The molecule has 4 nitrogen and oxygen atoms in total. The molecule has 1 atom stereocenters. The summed E-state index contributed by atoms with van der Waals surface area (Å²) in [5.41, 5.74) is 11.0. The van der Waals surface area contributed by atoms with Gasteiger partial charge in [0.2, 0.25) is 5.91 Å². The quantitative estimate of drug-likeness (QED) is 0.768. The maximum Gasteiger partial charge on any atom is 0.219 e. The summed E-state index contributed by atoms with van der Waals surface area (Å²) in [6, 6.07) is 4.49. The number of thiophene rings is 1. The molecule has 0 fully saturated rings. The minimum Gasteiger partial charge on any atom is -0.370 e. The zero-order chi connectivity index (χ0) is 12.8. The van der Waals surface area contributed by atoms with Crippen LogP contribution in [0.15, 0.2) is 17.5 Å². The molecule has 96 valence electrons. The Balaban J connectivity index is 2.72. The molecule has 0 aromatic carbocycles. The van der Waals surface area contributed by atoms with Gasteiger partial charge >= 0.3 is 0 Å². The van der Waals surface area contributed by atoms with Crippen LogP contribution in [0.1, 0.15) is 25.1 Å². The van der Waals surface area contributed by atoms with Crippen molar-refractivity contribution in [2.75, 3.05) is 6.54 Å². The molecule has 0 spiro atoms. The summed E-state index contributed by atoms with van der Waals surface area (Å²) >= 11 is 1.72. The van der Waals surface area contributed by atoms with E-state index in [1.54, 1.807) is 11.3 Å². The Bertz CT molecular complexity index is 338. The first-order valence-electron chi connectivity index (χ1n) is 5.81. The first kappa shape index (κ1) is 14.2. The minimum atomic E-state index is -0.294. The highest BCUT2D eigenvalue weighted by molar-refractivity contribution is 7.09. The average molecular weight is 255 g/mol. The second-order valence-electron chi connectivity index (χ2n) is 4.41. The molecule has 0 aliphatic heterocycles. The van der Waals surface area contributed by atoms with Crippen LogP contribution in [-0.2, 0) is 11.3 Å². The number of primary amides is 1. The van der Waals surface area contributed by atoms with Crippen LogP contribution in [0.3, 0.4) is 0 Å². The standard InChI is InChI=1S/C12H21N3OS/c1-9(2)15(8-11-4-3-5-17-11)10(7-13)6-12(14)16/h3-5,9-10H,6-8,13H2,1-2H3,(H2,14,16). The van der Waals surface area contributed by atoms with Gasteiger partial charge in [-0.05, 0) is 25.3 Å². The first-order valence-corrected chi connectivity index (χ1v) is 6.69. The summed E-state index contributed by atoms with van der Waals surface area (Å²) in [5, 5.41) is 2.05. The van der Waals surface area contributed by atoms with E-state index in [1.165, 1.54) is 4.88 Å². The van der Waals surface area contributed by atoms with Crippen molar-refractivity contribution in [2.45, 2.75) is 38.9 Å². The minimum absolute atomic E-state index is 0.0228. The fourth-order valence-electron chi connectivity index (χ4n) is 1.88. The van der Waals surface area contributed by atoms with Crippen molar-refractivity contribution in [1.82, 2.24) is 4.90 Å². The van der Waals surface area contributed by atoms with E-state index in [0.717, 1.165) is 6.54 Å². The molecule has 1 unspecified atom stereocenters. The summed E-state index contributed by atoms with van der Waals surface area (Å²) in [6.45, 7) is 5.49. The summed E-state index contributed by atoms with van der Waals surface area (Å²) in [4.78, 5) is 14.6. The monoisotopic (exact) mass is 255 g/mol. The lowest BCUT2D eigenvalue weighted by Crippen LogP contribution is -2.46. The Morgan fingerprint density at radius 1 is 1.53 bits per heavy atom. The second kappa shape index (κ2) is 6.74.